The quantitative estimate of drug-likeness (QED) is 0.0222. The van der Waals surface area contributed by atoms with Crippen LogP contribution in [0.1, 0.15) is 420 Å². The molecule has 588 valence electrons. The Morgan fingerprint density at radius 1 is 0.293 bits per heavy atom. The number of phosphoric ester groups is 2. The van der Waals surface area contributed by atoms with E-state index in [1.165, 1.54) is 225 Å². The van der Waals surface area contributed by atoms with Crippen molar-refractivity contribution in [1.82, 2.24) is 0 Å². The van der Waals surface area contributed by atoms with Crippen LogP contribution in [-0.2, 0) is 65.4 Å². The van der Waals surface area contributed by atoms with Crippen molar-refractivity contribution in [2.45, 2.75) is 439 Å². The summed E-state index contributed by atoms with van der Waals surface area (Å²) < 4.78 is 68.6. The van der Waals surface area contributed by atoms with Crippen molar-refractivity contribution >= 4 is 39.5 Å². The van der Waals surface area contributed by atoms with E-state index in [2.05, 4.69) is 41.5 Å². The fraction of sp³-hybridized carbons (Fsp3) is 0.950. The van der Waals surface area contributed by atoms with Gasteiger partial charge < -0.3 is 33.8 Å². The van der Waals surface area contributed by atoms with Crippen LogP contribution in [0, 0.1) is 11.8 Å². The molecule has 0 aliphatic carbocycles. The van der Waals surface area contributed by atoms with E-state index in [0.717, 1.165) is 115 Å². The number of phosphoric acid groups is 2. The molecule has 0 heterocycles. The first-order chi connectivity index (χ1) is 47.9. The smallest absolute Gasteiger partial charge is 0.462 e. The fourth-order valence-electron chi connectivity index (χ4n) is 12.3. The second-order valence-corrected chi connectivity index (χ2v) is 32.4. The molecule has 0 aromatic carbocycles. The van der Waals surface area contributed by atoms with Crippen molar-refractivity contribution in [3.63, 3.8) is 0 Å². The van der Waals surface area contributed by atoms with Gasteiger partial charge in [-0.05, 0) is 37.5 Å². The minimum Gasteiger partial charge on any atom is -0.462 e. The van der Waals surface area contributed by atoms with Crippen molar-refractivity contribution in [1.29, 1.82) is 0 Å². The van der Waals surface area contributed by atoms with Gasteiger partial charge in [0.1, 0.15) is 19.3 Å². The molecule has 19 heteroatoms. The highest BCUT2D eigenvalue weighted by atomic mass is 31.2. The minimum absolute atomic E-state index is 0.108. The zero-order valence-electron chi connectivity index (χ0n) is 64.8. The molecular formula is C80H156O17P2. The molecule has 0 radical (unpaired) electrons. The van der Waals surface area contributed by atoms with Crippen molar-refractivity contribution in [3.8, 4) is 0 Å². The summed E-state index contributed by atoms with van der Waals surface area (Å²) in [5, 5.41) is 10.6. The fourth-order valence-corrected chi connectivity index (χ4v) is 13.9. The van der Waals surface area contributed by atoms with Crippen LogP contribution < -0.4 is 0 Å². The van der Waals surface area contributed by atoms with Gasteiger partial charge in [0.15, 0.2) is 12.2 Å². The first kappa shape index (κ1) is 97.1. The Morgan fingerprint density at radius 3 is 0.768 bits per heavy atom. The number of unbranched alkanes of at least 4 members (excludes halogenated alkanes) is 48. The van der Waals surface area contributed by atoms with E-state index in [1.807, 2.05) is 0 Å². The summed E-state index contributed by atoms with van der Waals surface area (Å²) in [6, 6.07) is 0. The number of ether oxygens (including phenoxy) is 4. The van der Waals surface area contributed by atoms with E-state index in [9.17, 15) is 43.2 Å². The van der Waals surface area contributed by atoms with Crippen LogP contribution in [0.25, 0.3) is 0 Å². The zero-order chi connectivity index (χ0) is 72.8. The van der Waals surface area contributed by atoms with Gasteiger partial charge >= 0.3 is 39.5 Å². The molecule has 0 aliphatic heterocycles. The third-order valence-corrected chi connectivity index (χ3v) is 21.0. The van der Waals surface area contributed by atoms with Crippen LogP contribution in [0.4, 0.5) is 0 Å². The summed E-state index contributed by atoms with van der Waals surface area (Å²) in [6.45, 7) is 9.67. The lowest BCUT2D eigenvalue weighted by atomic mass is 9.99. The van der Waals surface area contributed by atoms with Gasteiger partial charge in [0.2, 0.25) is 0 Å². The van der Waals surface area contributed by atoms with Gasteiger partial charge in [-0.1, -0.05) is 369 Å². The number of aliphatic hydroxyl groups is 1. The first-order valence-corrected chi connectivity index (χ1v) is 44.5. The molecule has 99 heavy (non-hydrogen) atoms. The summed E-state index contributed by atoms with van der Waals surface area (Å²) in [7, 11) is -9.91. The van der Waals surface area contributed by atoms with Crippen molar-refractivity contribution < 1.29 is 80.2 Å². The van der Waals surface area contributed by atoms with E-state index in [0.29, 0.717) is 25.7 Å². The summed E-state index contributed by atoms with van der Waals surface area (Å²) in [6.07, 6.45) is 61.1. The molecule has 6 atom stereocenters. The standard InChI is InChI=1S/C80H156O17P2/c1-7-10-12-14-16-17-18-19-20-21-22-30-35-40-46-52-58-64-79(84)96-75(68-90-77(82)62-56-50-42-15-13-11-8-2)70-94-98(86,87)92-66-74(81)67-93-99(88,89)95-71-76(69-91-78(83)63-57-51-45-39-34-29-25-23-27-32-37-43-48-54-60-72(4)5)97-80(85)65-59-53-47-41-36-31-26-24-28-33-38-44-49-55-61-73(6)9-3/h72-76,81H,7-71H2,1-6H3,(H,86,87)(H,88,89)/t73?,74-,75+,76+/m0/s1. The summed E-state index contributed by atoms with van der Waals surface area (Å²) in [4.78, 5) is 72.9. The van der Waals surface area contributed by atoms with Crippen LogP contribution >= 0.6 is 15.6 Å². The van der Waals surface area contributed by atoms with Gasteiger partial charge in [0, 0.05) is 25.7 Å². The van der Waals surface area contributed by atoms with Gasteiger partial charge in [-0.25, -0.2) is 9.13 Å². The van der Waals surface area contributed by atoms with Crippen LogP contribution in [-0.4, -0.2) is 96.7 Å². The summed E-state index contributed by atoms with van der Waals surface area (Å²) in [5.74, 6) is -0.468. The third kappa shape index (κ3) is 72.8. The molecule has 0 bridgehead atoms. The Balaban J connectivity index is 5.18. The molecule has 0 aromatic rings. The molecule has 3 N–H and O–H groups in total. The Hall–Kier alpha value is -1.94. The Bertz CT molecular complexity index is 1910. The summed E-state index contributed by atoms with van der Waals surface area (Å²) >= 11 is 0. The van der Waals surface area contributed by atoms with Crippen molar-refractivity contribution in [2.75, 3.05) is 39.6 Å². The molecule has 0 spiro atoms. The van der Waals surface area contributed by atoms with E-state index in [1.54, 1.807) is 0 Å². The zero-order valence-corrected chi connectivity index (χ0v) is 66.6. The van der Waals surface area contributed by atoms with E-state index in [4.69, 9.17) is 37.0 Å². The maximum atomic E-state index is 13.1. The average Bonchev–Trinajstić information content (AvgIpc) is 1.01. The lowest BCUT2D eigenvalue weighted by Gasteiger charge is -2.21. The molecule has 0 amide bonds. The largest absolute Gasteiger partial charge is 0.472 e. The molecule has 3 unspecified atom stereocenters. The SMILES string of the molecule is CCCCCCCCCCCCCCCCCCCC(=O)O[C@H](COC(=O)CCCCCCCCC)COP(=O)(O)OC[C@H](O)COP(=O)(O)OC[C@@H](COC(=O)CCCCCCCCCCCCCCCCC(C)C)OC(=O)CCCCCCCCCCCCCCCCC(C)CC. The second kappa shape index (κ2) is 71.7. The van der Waals surface area contributed by atoms with Crippen LogP contribution in [0.15, 0.2) is 0 Å². The number of hydrogen-bond donors (Lipinski definition) is 3. The van der Waals surface area contributed by atoms with Gasteiger partial charge in [-0.3, -0.25) is 37.3 Å². The van der Waals surface area contributed by atoms with Crippen LogP contribution in [0.5, 0.6) is 0 Å². The molecule has 0 saturated heterocycles. The van der Waals surface area contributed by atoms with Gasteiger partial charge in [-0.2, -0.15) is 0 Å². The average molecular weight is 1450 g/mol. The van der Waals surface area contributed by atoms with Crippen LogP contribution in [0.2, 0.25) is 0 Å². The highest BCUT2D eigenvalue weighted by molar-refractivity contribution is 7.47. The number of aliphatic hydroxyl groups excluding tert-OH is 1. The maximum Gasteiger partial charge on any atom is 0.472 e. The lowest BCUT2D eigenvalue weighted by Crippen LogP contribution is -2.30. The van der Waals surface area contributed by atoms with Gasteiger partial charge in [0.05, 0.1) is 26.4 Å². The lowest BCUT2D eigenvalue weighted by molar-refractivity contribution is -0.161. The van der Waals surface area contributed by atoms with Gasteiger partial charge in [-0.15, -0.1) is 0 Å². The Kier molecular flexibility index (Phi) is 70.3. The maximum absolute atomic E-state index is 13.1. The van der Waals surface area contributed by atoms with E-state index < -0.39 is 97.5 Å². The second-order valence-electron chi connectivity index (χ2n) is 29.5. The molecule has 0 rings (SSSR count). The number of rotatable bonds is 79. The molecule has 0 aromatic heterocycles. The third-order valence-electron chi connectivity index (χ3n) is 19.1. The number of esters is 4. The van der Waals surface area contributed by atoms with E-state index >= 15 is 0 Å². The predicted octanol–water partition coefficient (Wildman–Crippen LogP) is 23.9. The molecule has 17 nitrogen and oxygen atoms in total. The van der Waals surface area contributed by atoms with E-state index in [-0.39, 0.29) is 25.7 Å². The monoisotopic (exact) mass is 1450 g/mol. The topological polar surface area (TPSA) is 237 Å². The summed E-state index contributed by atoms with van der Waals surface area (Å²) in [5.41, 5.74) is 0. The van der Waals surface area contributed by atoms with Crippen LogP contribution in [0.3, 0.4) is 0 Å². The highest BCUT2D eigenvalue weighted by Gasteiger charge is 2.30. The Morgan fingerprint density at radius 2 is 0.515 bits per heavy atom. The molecule has 0 saturated carbocycles. The van der Waals surface area contributed by atoms with Crippen molar-refractivity contribution in [3.05, 3.63) is 0 Å². The van der Waals surface area contributed by atoms with Crippen molar-refractivity contribution in [2.24, 2.45) is 11.8 Å². The first-order valence-electron chi connectivity index (χ1n) is 41.5. The molecule has 0 fully saturated rings. The highest BCUT2D eigenvalue weighted by Crippen LogP contribution is 2.45. The minimum atomic E-state index is -4.96. The molecule has 0 aliphatic rings. The number of hydrogen-bond acceptors (Lipinski definition) is 15. The molecular weight excluding hydrogens is 1290 g/mol. The van der Waals surface area contributed by atoms with Gasteiger partial charge in [0.25, 0.3) is 0 Å². The predicted molar refractivity (Wildman–Crippen MR) is 405 cm³/mol. The normalized spacial score (nSPS) is 14.2. The number of carbonyl (C=O) groups is 4. The Labute approximate surface area is 607 Å². The number of carbonyl (C=O) groups excluding carboxylic acids is 4.